The molecule has 0 heterocycles. The number of ether oxygens (including phenoxy) is 1. The summed E-state index contributed by atoms with van der Waals surface area (Å²) in [6, 6.07) is 4.31. The van der Waals surface area contributed by atoms with Crippen molar-refractivity contribution in [2.75, 3.05) is 19.5 Å². The fraction of sp³-hybridized carbons (Fsp3) is 0.462. The van der Waals surface area contributed by atoms with E-state index in [1.54, 1.807) is 6.07 Å². The molecule has 0 aliphatic heterocycles. The molecule has 1 N–H and O–H groups in total. The van der Waals surface area contributed by atoms with Crippen LogP contribution in [0.15, 0.2) is 18.2 Å². The van der Waals surface area contributed by atoms with Crippen molar-refractivity contribution in [3.8, 4) is 5.75 Å². The van der Waals surface area contributed by atoms with Crippen LogP contribution in [0.4, 0.5) is 4.39 Å². The Balaban J connectivity index is 2.56. The van der Waals surface area contributed by atoms with Gasteiger partial charge in [-0.3, -0.25) is 4.79 Å². The summed E-state index contributed by atoms with van der Waals surface area (Å²) in [5.41, 5.74) is -0.0441. The summed E-state index contributed by atoms with van der Waals surface area (Å²) in [7, 11) is 1.41. The van der Waals surface area contributed by atoms with E-state index in [-0.39, 0.29) is 11.3 Å². The van der Waals surface area contributed by atoms with E-state index >= 15 is 0 Å². The van der Waals surface area contributed by atoms with Gasteiger partial charge in [-0.15, -0.1) is 11.6 Å². The predicted molar refractivity (Wildman–Crippen MR) is 69.9 cm³/mol. The Bertz CT molecular complexity index is 399. The molecule has 0 atom stereocenters. The van der Waals surface area contributed by atoms with Crippen LogP contribution in [0.5, 0.6) is 5.75 Å². The molecule has 0 aliphatic rings. The maximum atomic E-state index is 13.6. The lowest BCUT2D eigenvalue weighted by atomic mass is 10.1. The minimum absolute atomic E-state index is 0.0441. The molecule has 5 heteroatoms. The average Bonchev–Trinajstić information content (AvgIpc) is 2.37. The number of alkyl halides is 1. The van der Waals surface area contributed by atoms with Gasteiger partial charge in [-0.2, -0.15) is 0 Å². The molecule has 1 rings (SSSR count). The minimum atomic E-state index is -0.576. The van der Waals surface area contributed by atoms with Crippen molar-refractivity contribution in [2.45, 2.75) is 19.3 Å². The molecule has 1 aromatic carbocycles. The molecule has 1 aromatic rings. The first-order chi connectivity index (χ1) is 8.70. The molecule has 0 radical (unpaired) electrons. The topological polar surface area (TPSA) is 38.3 Å². The van der Waals surface area contributed by atoms with Gasteiger partial charge >= 0.3 is 0 Å². The molecule has 1 amide bonds. The zero-order valence-corrected chi connectivity index (χ0v) is 11.1. The van der Waals surface area contributed by atoms with Crippen molar-refractivity contribution < 1.29 is 13.9 Å². The number of halogens is 2. The highest BCUT2D eigenvalue weighted by Gasteiger charge is 2.16. The van der Waals surface area contributed by atoms with Crippen molar-refractivity contribution in [3.05, 3.63) is 29.6 Å². The molecule has 0 bridgehead atoms. The van der Waals surface area contributed by atoms with Crippen molar-refractivity contribution >= 4 is 17.5 Å². The standard InChI is InChI=1S/C13H17ClFNO2/c1-18-11-7-5-6-10(15)12(11)13(17)16-9-4-2-3-8-14/h5-7H,2-4,8-9H2,1H3,(H,16,17). The van der Waals surface area contributed by atoms with Crippen LogP contribution >= 0.6 is 11.6 Å². The lowest BCUT2D eigenvalue weighted by Gasteiger charge is -2.09. The number of amides is 1. The van der Waals surface area contributed by atoms with Gasteiger partial charge in [-0.05, 0) is 25.0 Å². The van der Waals surface area contributed by atoms with Gasteiger partial charge in [-0.25, -0.2) is 4.39 Å². The lowest BCUT2D eigenvalue weighted by Crippen LogP contribution is -2.26. The highest BCUT2D eigenvalue weighted by atomic mass is 35.5. The lowest BCUT2D eigenvalue weighted by molar-refractivity contribution is 0.0945. The van der Waals surface area contributed by atoms with Crippen LogP contribution < -0.4 is 10.1 Å². The summed E-state index contributed by atoms with van der Waals surface area (Å²) in [5.74, 6) is -0.161. The van der Waals surface area contributed by atoms with Gasteiger partial charge in [0.1, 0.15) is 17.1 Å². The SMILES string of the molecule is COc1cccc(F)c1C(=O)NCCCCCCl. The van der Waals surface area contributed by atoms with Gasteiger partial charge in [0.15, 0.2) is 0 Å². The van der Waals surface area contributed by atoms with Crippen molar-refractivity contribution in [1.29, 1.82) is 0 Å². The number of rotatable bonds is 7. The number of nitrogens with one attached hydrogen (secondary N) is 1. The molecule has 18 heavy (non-hydrogen) atoms. The second-order valence-corrected chi connectivity index (χ2v) is 4.20. The van der Waals surface area contributed by atoms with Crippen LogP contribution in [0.25, 0.3) is 0 Å². The molecule has 0 saturated heterocycles. The Hall–Kier alpha value is -1.29. The summed E-state index contributed by atoms with van der Waals surface area (Å²) in [5, 5.41) is 2.67. The zero-order valence-electron chi connectivity index (χ0n) is 10.3. The fourth-order valence-electron chi connectivity index (χ4n) is 1.58. The van der Waals surface area contributed by atoms with Gasteiger partial charge in [0.25, 0.3) is 5.91 Å². The quantitative estimate of drug-likeness (QED) is 0.613. The maximum Gasteiger partial charge on any atom is 0.258 e. The van der Waals surface area contributed by atoms with Crippen molar-refractivity contribution in [3.63, 3.8) is 0 Å². The van der Waals surface area contributed by atoms with Gasteiger partial charge in [0.05, 0.1) is 7.11 Å². The van der Waals surface area contributed by atoms with Crippen LogP contribution in [-0.2, 0) is 0 Å². The molecule has 0 fully saturated rings. The third-order valence-corrected chi connectivity index (χ3v) is 2.79. The molecule has 0 saturated carbocycles. The summed E-state index contributed by atoms with van der Waals surface area (Å²) < 4.78 is 18.5. The van der Waals surface area contributed by atoms with Crippen LogP contribution in [0.3, 0.4) is 0 Å². The first kappa shape index (κ1) is 14.8. The van der Waals surface area contributed by atoms with Gasteiger partial charge < -0.3 is 10.1 Å². The zero-order chi connectivity index (χ0) is 13.4. The monoisotopic (exact) mass is 273 g/mol. The number of unbranched alkanes of at least 4 members (excludes halogenated alkanes) is 2. The van der Waals surface area contributed by atoms with Crippen LogP contribution in [0.2, 0.25) is 0 Å². The number of carbonyl (C=O) groups excluding carboxylic acids is 1. The first-order valence-corrected chi connectivity index (χ1v) is 6.40. The van der Waals surface area contributed by atoms with Crippen molar-refractivity contribution in [2.24, 2.45) is 0 Å². The Morgan fingerprint density at radius 2 is 2.17 bits per heavy atom. The molecule has 3 nitrogen and oxygen atoms in total. The molecule has 0 spiro atoms. The summed E-state index contributed by atoms with van der Waals surface area (Å²) in [6.07, 6.45) is 2.69. The largest absolute Gasteiger partial charge is 0.496 e. The number of hydrogen-bond donors (Lipinski definition) is 1. The van der Waals surface area contributed by atoms with E-state index in [1.165, 1.54) is 19.2 Å². The van der Waals surface area contributed by atoms with E-state index in [0.717, 1.165) is 19.3 Å². The Morgan fingerprint density at radius 1 is 1.39 bits per heavy atom. The van der Waals surface area contributed by atoms with Crippen LogP contribution in [0, 0.1) is 5.82 Å². The van der Waals surface area contributed by atoms with Gasteiger partial charge in [0.2, 0.25) is 0 Å². The third-order valence-electron chi connectivity index (χ3n) is 2.52. The number of benzene rings is 1. The Morgan fingerprint density at radius 3 is 2.83 bits per heavy atom. The molecule has 0 unspecified atom stereocenters. The molecular weight excluding hydrogens is 257 g/mol. The van der Waals surface area contributed by atoms with Crippen LogP contribution in [0.1, 0.15) is 29.6 Å². The molecule has 0 aliphatic carbocycles. The molecule has 0 aromatic heterocycles. The number of methoxy groups -OCH3 is 1. The number of hydrogen-bond acceptors (Lipinski definition) is 2. The normalized spacial score (nSPS) is 10.2. The van der Waals surface area contributed by atoms with E-state index in [0.29, 0.717) is 12.4 Å². The van der Waals surface area contributed by atoms with Crippen LogP contribution in [-0.4, -0.2) is 25.4 Å². The second kappa shape index (κ2) is 7.93. The molecule has 100 valence electrons. The summed E-state index contributed by atoms with van der Waals surface area (Å²) >= 11 is 5.55. The second-order valence-electron chi connectivity index (χ2n) is 3.82. The predicted octanol–water partition coefficient (Wildman–Crippen LogP) is 2.97. The van der Waals surface area contributed by atoms with Gasteiger partial charge in [-0.1, -0.05) is 12.5 Å². The van der Waals surface area contributed by atoms with E-state index in [2.05, 4.69) is 5.32 Å². The highest BCUT2D eigenvalue weighted by molar-refractivity contribution is 6.17. The van der Waals surface area contributed by atoms with E-state index in [4.69, 9.17) is 16.3 Å². The third kappa shape index (κ3) is 4.18. The minimum Gasteiger partial charge on any atom is -0.496 e. The fourth-order valence-corrected chi connectivity index (χ4v) is 1.77. The van der Waals surface area contributed by atoms with E-state index in [1.807, 2.05) is 0 Å². The first-order valence-electron chi connectivity index (χ1n) is 5.87. The summed E-state index contributed by atoms with van der Waals surface area (Å²) in [4.78, 5) is 11.8. The Labute approximate surface area is 111 Å². The smallest absolute Gasteiger partial charge is 0.258 e. The number of carbonyl (C=O) groups is 1. The molecular formula is C13H17ClFNO2. The highest BCUT2D eigenvalue weighted by Crippen LogP contribution is 2.20. The van der Waals surface area contributed by atoms with E-state index in [9.17, 15) is 9.18 Å². The average molecular weight is 274 g/mol. The maximum absolute atomic E-state index is 13.6. The summed E-state index contributed by atoms with van der Waals surface area (Å²) in [6.45, 7) is 0.507. The Kier molecular flexibility index (Phi) is 6.50. The van der Waals surface area contributed by atoms with E-state index < -0.39 is 11.7 Å². The van der Waals surface area contributed by atoms with Gasteiger partial charge in [0, 0.05) is 12.4 Å². The van der Waals surface area contributed by atoms with Crippen molar-refractivity contribution in [1.82, 2.24) is 5.32 Å².